The summed E-state index contributed by atoms with van der Waals surface area (Å²) in [7, 11) is 0. The predicted molar refractivity (Wildman–Crippen MR) is 60.3 cm³/mol. The van der Waals surface area contributed by atoms with Crippen molar-refractivity contribution in [1.82, 2.24) is 10.2 Å². The fourth-order valence-electron chi connectivity index (χ4n) is 1.56. The third kappa shape index (κ3) is 1.98. The van der Waals surface area contributed by atoms with Crippen molar-refractivity contribution in [2.24, 2.45) is 0 Å². The number of carbonyl (C=O) groups excluding carboxylic acids is 2. The summed E-state index contributed by atoms with van der Waals surface area (Å²) < 4.78 is 0. The van der Waals surface area contributed by atoms with Gasteiger partial charge < -0.3 is 10.6 Å². The molecule has 0 saturated carbocycles. The maximum absolute atomic E-state index is 11.7. The number of urea groups is 2. The first-order chi connectivity index (χ1) is 7.68. The Kier molecular flexibility index (Phi) is 2.76. The lowest BCUT2D eigenvalue weighted by Crippen LogP contribution is -2.37. The largest absolute Gasteiger partial charge is 0.336 e. The number of amides is 4. The van der Waals surface area contributed by atoms with Crippen LogP contribution in [0.2, 0.25) is 0 Å². The molecule has 1 aromatic rings. The van der Waals surface area contributed by atoms with E-state index in [0.717, 1.165) is 16.2 Å². The highest BCUT2D eigenvalue weighted by Crippen LogP contribution is 2.14. The number of nitrogens with zero attached hydrogens (tertiary/aromatic N) is 1. The Balaban J connectivity index is 2.08. The van der Waals surface area contributed by atoms with Gasteiger partial charge in [-0.25, -0.2) is 14.5 Å². The molecule has 0 atom stereocenters. The first-order valence-corrected chi connectivity index (χ1v) is 5.10. The molecule has 2 rings (SSSR count). The number of carbonyl (C=O) groups is 2. The molecule has 5 nitrogen and oxygen atoms in total. The highest BCUT2D eigenvalue weighted by molar-refractivity contribution is 6.01. The SMILES string of the molecule is Cc1ccccc1NC(=O)N1CCNC1=O. The third-order valence-electron chi connectivity index (χ3n) is 2.49. The molecule has 1 aliphatic heterocycles. The van der Waals surface area contributed by atoms with E-state index < -0.39 is 0 Å². The predicted octanol–water partition coefficient (Wildman–Crippen LogP) is 1.55. The summed E-state index contributed by atoms with van der Waals surface area (Å²) in [5.74, 6) is 0. The van der Waals surface area contributed by atoms with Crippen LogP contribution in [0.3, 0.4) is 0 Å². The van der Waals surface area contributed by atoms with Crippen LogP contribution in [0.25, 0.3) is 0 Å². The Hall–Kier alpha value is -2.04. The van der Waals surface area contributed by atoms with E-state index >= 15 is 0 Å². The molecule has 1 fully saturated rings. The maximum Gasteiger partial charge on any atom is 0.330 e. The lowest BCUT2D eigenvalue weighted by molar-refractivity contribution is 0.207. The Bertz CT molecular complexity index is 431. The van der Waals surface area contributed by atoms with Gasteiger partial charge in [0.05, 0.1) is 0 Å². The number of rotatable bonds is 1. The van der Waals surface area contributed by atoms with Crippen LogP contribution in [-0.4, -0.2) is 30.1 Å². The molecule has 0 bridgehead atoms. The van der Waals surface area contributed by atoms with E-state index in [4.69, 9.17) is 0 Å². The van der Waals surface area contributed by atoms with Crippen molar-refractivity contribution in [2.75, 3.05) is 18.4 Å². The van der Waals surface area contributed by atoms with Crippen LogP contribution < -0.4 is 10.6 Å². The highest BCUT2D eigenvalue weighted by atomic mass is 16.2. The number of imide groups is 1. The number of benzene rings is 1. The van der Waals surface area contributed by atoms with Gasteiger partial charge in [0.1, 0.15) is 0 Å². The fourth-order valence-corrected chi connectivity index (χ4v) is 1.56. The Morgan fingerprint density at radius 3 is 2.81 bits per heavy atom. The third-order valence-corrected chi connectivity index (χ3v) is 2.49. The second kappa shape index (κ2) is 4.22. The van der Waals surface area contributed by atoms with Crippen molar-refractivity contribution in [3.63, 3.8) is 0 Å². The fraction of sp³-hybridized carbons (Fsp3) is 0.273. The van der Waals surface area contributed by atoms with Crippen molar-refractivity contribution < 1.29 is 9.59 Å². The lowest BCUT2D eigenvalue weighted by atomic mass is 10.2. The van der Waals surface area contributed by atoms with Gasteiger partial charge in [-0.1, -0.05) is 18.2 Å². The van der Waals surface area contributed by atoms with E-state index in [-0.39, 0.29) is 12.1 Å². The number of hydrogen-bond acceptors (Lipinski definition) is 2. The number of aryl methyl sites for hydroxylation is 1. The molecule has 0 aromatic heterocycles. The quantitative estimate of drug-likeness (QED) is 0.752. The molecule has 0 aliphatic carbocycles. The van der Waals surface area contributed by atoms with E-state index in [2.05, 4.69) is 10.6 Å². The summed E-state index contributed by atoms with van der Waals surface area (Å²) in [4.78, 5) is 24.1. The minimum atomic E-state index is -0.385. The Labute approximate surface area is 93.4 Å². The van der Waals surface area contributed by atoms with Gasteiger partial charge in [0, 0.05) is 18.8 Å². The van der Waals surface area contributed by atoms with Crippen LogP contribution in [0.4, 0.5) is 15.3 Å². The number of hydrogen-bond donors (Lipinski definition) is 2. The summed E-state index contributed by atoms with van der Waals surface area (Å²) in [6.07, 6.45) is 0. The monoisotopic (exact) mass is 219 g/mol. The van der Waals surface area contributed by atoms with Gasteiger partial charge in [0.2, 0.25) is 0 Å². The molecule has 1 heterocycles. The molecular weight excluding hydrogens is 206 g/mol. The summed E-state index contributed by atoms with van der Waals surface area (Å²) in [5, 5.41) is 5.29. The minimum absolute atomic E-state index is 0.342. The van der Waals surface area contributed by atoms with Gasteiger partial charge in [-0.2, -0.15) is 0 Å². The molecule has 0 unspecified atom stereocenters. The zero-order chi connectivity index (χ0) is 11.5. The van der Waals surface area contributed by atoms with Crippen molar-refractivity contribution in [1.29, 1.82) is 0 Å². The molecule has 1 aromatic carbocycles. The van der Waals surface area contributed by atoms with Gasteiger partial charge in [-0.05, 0) is 18.6 Å². The first kappa shape index (κ1) is 10.5. The number of para-hydroxylation sites is 1. The van der Waals surface area contributed by atoms with Crippen LogP contribution >= 0.6 is 0 Å². The van der Waals surface area contributed by atoms with E-state index in [1.807, 2.05) is 25.1 Å². The average Bonchev–Trinajstić information content (AvgIpc) is 2.68. The van der Waals surface area contributed by atoms with Crippen LogP contribution in [0.5, 0.6) is 0 Å². The maximum atomic E-state index is 11.7. The van der Waals surface area contributed by atoms with Crippen LogP contribution in [-0.2, 0) is 0 Å². The highest BCUT2D eigenvalue weighted by Gasteiger charge is 2.26. The van der Waals surface area contributed by atoms with E-state index in [1.165, 1.54) is 0 Å². The second-order valence-corrected chi connectivity index (χ2v) is 3.63. The summed E-state index contributed by atoms with van der Waals surface area (Å²) in [5.41, 5.74) is 1.70. The molecule has 0 spiro atoms. The summed E-state index contributed by atoms with van der Waals surface area (Å²) >= 11 is 0. The van der Waals surface area contributed by atoms with E-state index in [0.29, 0.717) is 13.1 Å². The Morgan fingerprint density at radius 2 is 2.19 bits per heavy atom. The molecule has 1 saturated heterocycles. The van der Waals surface area contributed by atoms with Gasteiger partial charge in [0.25, 0.3) is 0 Å². The van der Waals surface area contributed by atoms with Gasteiger partial charge in [-0.3, -0.25) is 0 Å². The van der Waals surface area contributed by atoms with Crippen molar-refractivity contribution in [3.05, 3.63) is 29.8 Å². The molecule has 4 amide bonds. The lowest BCUT2D eigenvalue weighted by Gasteiger charge is -2.14. The van der Waals surface area contributed by atoms with Crippen LogP contribution in [0.1, 0.15) is 5.56 Å². The number of nitrogens with one attached hydrogen (secondary N) is 2. The Morgan fingerprint density at radius 1 is 1.44 bits per heavy atom. The zero-order valence-corrected chi connectivity index (χ0v) is 8.99. The van der Waals surface area contributed by atoms with Gasteiger partial charge in [0.15, 0.2) is 0 Å². The number of anilines is 1. The van der Waals surface area contributed by atoms with Crippen LogP contribution in [0.15, 0.2) is 24.3 Å². The first-order valence-electron chi connectivity index (χ1n) is 5.10. The van der Waals surface area contributed by atoms with Crippen LogP contribution in [0, 0.1) is 6.92 Å². The smallest absolute Gasteiger partial charge is 0.330 e. The van der Waals surface area contributed by atoms with E-state index in [9.17, 15) is 9.59 Å². The summed E-state index contributed by atoms with van der Waals surface area (Å²) in [6, 6.07) is 6.72. The molecule has 16 heavy (non-hydrogen) atoms. The molecule has 1 aliphatic rings. The zero-order valence-electron chi connectivity index (χ0n) is 8.99. The van der Waals surface area contributed by atoms with Gasteiger partial charge in [-0.15, -0.1) is 0 Å². The van der Waals surface area contributed by atoms with Gasteiger partial charge >= 0.3 is 12.1 Å². The van der Waals surface area contributed by atoms with Crippen molar-refractivity contribution in [2.45, 2.75) is 6.92 Å². The average molecular weight is 219 g/mol. The molecular formula is C11H13N3O2. The van der Waals surface area contributed by atoms with E-state index in [1.54, 1.807) is 6.07 Å². The topological polar surface area (TPSA) is 61.4 Å². The normalized spacial score (nSPS) is 14.8. The minimum Gasteiger partial charge on any atom is -0.336 e. The summed E-state index contributed by atoms with van der Waals surface area (Å²) in [6.45, 7) is 2.83. The van der Waals surface area contributed by atoms with Crippen molar-refractivity contribution >= 4 is 17.7 Å². The molecule has 0 radical (unpaired) electrons. The molecule has 2 N–H and O–H groups in total. The molecule has 84 valence electrons. The molecule has 5 heteroatoms. The van der Waals surface area contributed by atoms with Crippen molar-refractivity contribution in [3.8, 4) is 0 Å². The standard InChI is InChI=1S/C11H13N3O2/c1-8-4-2-3-5-9(8)13-11(16)14-7-6-12-10(14)15/h2-5H,6-7H2,1H3,(H,12,15)(H,13,16). The second-order valence-electron chi connectivity index (χ2n) is 3.63.